The van der Waals surface area contributed by atoms with Crippen LogP contribution in [0.1, 0.15) is 27.2 Å². The summed E-state index contributed by atoms with van der Waals surface area (Å²) in [5.41, 5.74) is 1.81. The van der Waals surface area contributed by atoms with Crippen molar-refractivity contribution in [1.82, 2.24) is 15.0 Å². The summed E-state index contributed by atoms with van der Waals surface area (Å²) >= 11 is 0. The number of rotatable bonds is 4. The number of aromatic amines is 2. The first kappa shape index (κ1) is 24.5. The van der Waals surface area contributed by atoms with E-state index in [1.54, 1.807) is 30.3 Å². The monoisotopic (exact) mass is 469 g/mol. The van der Waals surface area contributed by atoms with Crippen LogP contribution in [0.25, 0.3) is 12.2 Å². The smallest absolute Gasteiger partial charge is 0.373 e. The number of benzene rings is 2. The van der Waals surface area contributed by atoms with Crippen molar-refractivity contribution < 1.29 is 19.1 Å². The van der Waals surface area contributed by atoms with Crippen LogP contribution < -0.4 is 26.6 Å². The summed E-state index contributed by atoms with van der Waals surface area (Å²) in [5, 5.41) is 0.224. The minimum Gasteiger partial charge on any atom is -0.421 e. The van der Waals surface area contributed by atoms with Crippen LogP contribution in [-0.2, 0) is 9.59 Å². The Balaban J connectivity index is 0.00000108. The standard InChI is InChI=1S/C25H19N3O4.CO2/c1-16-7-9-18(10-8-16)25(31)32-20-12-11-19(26-15-20)14-22-24(30)27-21(23(29)28-22)13-17-5-3-2-4-6-17;2-1-3/h2-15H,1H3,(H,27,30)(H,28,29);/b21-13-,22-14-;. The number of aromatic nitrogens is 3. The summed E-state index contributed by atoms with van der Waals surface area (Å²) in [7, 11) is 0. The molecule has 35 heavy (non-hydrogen) atoms. The van der Waals surface area contributed by atoms with Crippen molar-refractivity contribution in [3.05, 3.63) is 127 Å². The van der Waals surface area contributed by atoms with Crippen LogP contribution >= 0.6 is 0 Å². The zero-order valence-corrected chi connectivity index (χ0v) is 18.5. The third kappa shape index (κ3) is 6.92. The summed E-state index contributed by atoms with van der Waals surface area (Å²) < 4.78 is 5.32. The van der Waals surface area contributed by atoms with Crippen molar-refractivity contribution in [1.29, 1.82) is 0 Å². The van der Waals surface area contributed by atoms with Gasteiger partial charge in [-0.3, -0.25) is 14.6 Å². The van der Waals surface area contributed by atoms with Gasteiger partial charge in [0.15, 0.2) is 0 Å². The molecule has 0 atom stereocenters. The maximum absolute atomic E-state index is 12.4. The highest BCUT2D eigenvalue weighted by atomic mass is 16.5. The largest absolute Gasteiger partial charge is 0.421 e. The molecule has 0 fully saturated rings. The lowest BCUT2D eigenvalue weighted by molar-refractivity contribution is -0.191. The van der Waals surface area contributed by atoms with Crippen molar-refractivity contribution in [2.45, 2.75) is 6.92 Å². The summed E-state index contributed by atoms with van der Waals surface area (Å²) in [4.78, 5) is 62.6. The quantitative estimate of drug-likeness (QED) is 0.426. The van der Waals surface area contributed by atoms with Crippen molar-refractivity contribution in [3.63, 3.8) is 0 Å². The van der Waals surface area contributed by atoms with Crippen LogP contribution in [0.5, 0.6) is 5.75 Å². The normalized spacial score (nSPS) is 11.2. The fourth-order valence-corrected chi connectivity index (χ4v) is 2.95. The molecule has 0 unspecified atom stereocenters. The molecule has 2 aromatic carbocycles. The van der Waals surface area contributed by atoms with E-state index >= 15 is 0 Å². The molecule has 4 rings (SSSR count). The fraction of sp³-hybridized carbons (Fsp3) is 0.0385. The summed E-state index contributed by atoms with van der Waals surface area (Å²) in [6.45, 7) is 1.93. The number of H-pyrrole nitrogens is 2. The summed E-state index contributed by atoms with van der Waals surface area (Å²) in [6, 6.07) is 19.4. The first-order chi connectivity index (χ1) is 16.9. The van der Waals surface area contributed by atoms with Crippen LogP contribution in [0.15, 0.2) is 82.5 Å². The first-order valence-corrected chi connectivity index (χ1v) is 10.2. The average Bonchev–Trinajstić information content (AvgIpc) is 2.85. The van der Waals surface area contributed by atoms with Crippen molar-refractivity contribution in [2.75, 3.05) is 0 Å². The molecule has 9 heteroatoms. The lowest BCUT2D eigenvalue weighted by Crippen LogP contribution is -2.46. The predicted octanol–water partition coefficient (Wildman–Crippen LogP) is 1.06. The van der Waals surface area contributed by atoms with Crippen LogP contribution in [0.4, 0.5) is 0 Å². The van der Waals surface area contributed by atoms with Crippen LogP contribution in [-0.4, -0.2) is 27.1 Å². The molecule has 2 aromatic heterocycles. The average molecular weight is 469 g/mol. The number of aryl methyl sites for hydroxylation is 1. The van der Waals surface area contributed by atoms with E-state index in [1.807, 2.05) is 49.4 Å². The molecule has 0 spiro atoms. The number of carbonyl (C=O) groups is 1. The second-order valence-electron chi connectivity index (χ2n) is 7.19. The Kier molecular flexibility index (Phi) is 8.15. The highest BCUT2D eigenvalue weighted by Crippen LogP contribution is 2.13. The van der Waals surface area contributed by atoms with E-state index in [4.69, 9.17) is 14.3 Å². The van der Waals surface area contributed by atoms with Gasteiger partial charge in [-0.2, -0.15) is 9.59 Å². The van der Waals surface area contributed by atoms with Gasteiger partial charge in [0.05, 0.1) is 17.5 Å². The molecule has 0 radical (unpaired) electrons. The SMILES string of the molecule is Cc1ccc(C(=O)Oc2ccc(/C=c3\[nH]c(=O)/c(=C/c4ccccc4)[nH]c3=O)nc2)cc1.O=C=O. The van der Waals surface area contributed by atoms with E-state index in [2.05, 4.69) is 15.0 Å². The Morgan fingerprint density at radius 1 is 0.857 bits per heavy atom. The van der Waals surface area contributed by atoms with E-state index in [1.165, 1.54) is 12.3 Å². The maximum atomic E-state index is 12.4. The second kappa shape index (κ2) is 11.6. The Morgan fingerprint density at radius 2 is 1.46 bits per heavy atom. The minimum absolute atomic E-state index is 0.0668. The van der Waals surface area contributed by atoms with Gasteiger partial charge < -0.3 is 14.7 Å². The molecular formula is C26H19N3O6. The molecule has 0 aliphatic heterocycles. The van der Waals surface area contributed by atoms with Crippen LogP contribution in [0.2, 0.25) is 0 Å². The third-order valence-electron chi connectivity index (χ3n) is 4.65. The van der Waals surface area contributed by atoms with Gasteiger partial charge in [0.2, 0.25) is 0 Å². The number of carbonyl (C=O) groups excluding carboxylic acids is 3. The van der Waals surface area contributed by atoms with E-state index in [0.29, 0.717) is 11.3 Å². The maximum Gasteiger partial charge on any atom is 0.373 e. The zero-order valence-electron chi connectivity index (χ0n) is 18.5. The van der Waals surface area contributed by atoms with Gasteiger partial charge in [-0.15, -0.1) is 0 Å². The molecule has 9 nitrogen and oxygen atoms in total. The molecule has 4 aromatic rings. The van der Waals surface area contributed by atoms with E-state index in [0.717, 1.165) is 11.1 Å². The van der Waals surface area contributed by atoms with E-state index < -0.39 is 17.1 Å². The first-order valence-electron chi connectivity index (χ1n) is 10.2. The highest BCUT2D eigenvalue weighted by molar-refractivity contribution is 5.91. The minimum atomic E-state index is -0.491. The number of nitrogens with zero attached hydrogens (tertiary/aromatic N) is 1. The molecule has 0 saturated heterocycles. The molecule has 0 aliphatic carbocycles. The molecule has 0 amide bonds. The molecule has 0 saturated carbocycles. The van der Waals surface area contributed by atoms with Crippen molar-refractivity contribution in [2.24, 2.45) is 0 Å². The zero-order chi connectivity index (χ0) is 25.2. The molecule has 2 N–H and O–H groups in total. The molecule has 174 valence electrons. The third-order valence-corrected chi connectivity index (χ3v) is 4.65. The molecule has 0 bridgehead atoms. The molecule has 2 heterocycles. The number of hydrogen-bond acceptors (Lipinski definition) is 7. The Hall–Kier alpha value is -5.14. The lowest BCUT2D eigenvalue weighted by Gasteiger charge is -2.04. The van der Waals surface area contributed by atoms with E-state index in [9.17, 15) is 14.4 Å². The molecular weight excluding hydrogens is 450 g/mol. The number of hydrogen-bond donors (Lipinski definition) is 2. The number of ether oxygens (including phenoxy) is 1. The summed E-state index contributed by atoms with van der Waals surface area (Å²) in [6.07, 6.45) is 4.67. The predicted molar refractivity (Wildman–Crippen MR) is 126 cm³/mol. The van der Waals surface area contributed by atoms with Crippen molar-refractivity contribution >= 4 is 24.3 Å². The second-order valence-corrected chi connectivity index (χ2v) is 7.19. The van der Waals surface area contributed by atoms with Gasteiger partial charge in [0, 0.05) is 0 Å². The van der Waals surface area contributed by atoms with Gasteiger partial charge in [0.1, 0.15) is 16.4 Å². The van der Waals surface area contributed by atoms with E-state index in [-0.39, 0.29) is 22.6 Å². The number of nitrogens with one attached hydrogen (secondary N) is 2. The lowest BCUT2D eigenvalue weighted by atomic mass is 10.1. The number of esters is 1. The molecule has 0 aliphatic rings. The Labute approximate surface area is 198 Å². The van der Waals surface area contributed by atoms with Gasteiger partial charge in [0.25, 0.3) is 11.1 Å². The fourth-order valence-electron chi connectivity index (χ4n) is 2.95. The van der Waals surface area contributed by atoms with Gasteiger partial charge in [-0.25, -0.2) is 4.79 Å². The highest BCUT2D eigenvalue weighted by Gasteiger charge is 2.08. The topological polar surface area (TPSA) is 139 Å². The van der Waals surface area contributed by atoms with Gasteiger partial charge >= 0.3 is 12.1 Å². The summed E-state index contributed by atoms with van der Waals surface area (Å²) in [5.74, 6) is -0.225. The van der Waals surface area contributed by atoms with Crippen LogP contribution in [0.3, 0.4) is 0 Å². The Morgan fingerprint density at radius 3 is 2.03 bits per heavy atom. The van der Waals surface area contributed by atoms with Crippen LogP contribution in [0, 0.1) is 6.92 Å². The Bertz CT molecular complexity index is 1580. The van der Waals surface area contributed by atoms with Gasteiger partial charge in [-0.05, 0) is 48.9 Å². The van der Waals surface area contributed by atoms with Gasteiger partial charge in [-0.1, -0.05) is 48.0 Å². The number of pyridine rings is 1. The van der Waals surface area contributed by atoms with Crippen molar-refractivity contribution in [3.8, 4) is 5.75 Å².